The number of amides is 2. The Kier molecular flexibility index (Phi) is 6.78. The molecule has 0 aromatic heterocycles. The lowest BCUT2D eigenvalue weighted by Crippen LogP contribution is -2.46. The number of methoxy groups -OCH3 is 1. The predicted octanol–water partition coefficient (Wildman–Crippen LogP) is 1.65. The van der Waals surface area contributed by atoms with Gasteiger partial charge in [0.05, 0.1) is 6.61 Å². The first-order chi connectivity index (χ1) is 9.45. The number of rotatable bonds is 7. The van der Waals surface area contributed by atoms with Gasteiger partial charge in [0.25, 0.3) is 0 Å². The van der Waals surface area contributed by atoms with Crippen LogP contribution in [-0.4, -0.2) is 66.3 Å². The van der Waals surface area contributed by atoms with Gasteiger partial charge in [-0.15, -0.1) is 0 Å². The standard InChI is InChI=1S/C14H26N2O4/c1-11(2)16(7-4-5-13(17)18)14(19)15-8-6-12(9-15)10-20-3/h11-12H,4-10H2,1-3H3,(H,17,18). The number of hydrogen-bond acceptors (Lipinski definition) is 3. The molecular formula is C14H26N2O4. The molecule has 1 atom stereocenters. The van der Waals surface area contributed by atoms with Gasteiger partial charge < -0.3 is 19.6 Å². The highest BCUT2D eigenvalue weighted by Crippen LogP contribution is 2.19. The minimum absolute atomic E-state index is 0.0176. The first kappa shape index (κ1) is 16.8. The smallest absolute Gasteiger partial charge is 0.320 e. The molecule has 0 bridgehead atoms. The zero-order valence-corrected chi connectivity index (χ0v) is 12.7. The number of likely N-dealkylation sites (tertiary alicyclic amines) is 1. The number of urea groups is 1. The third-order valence-electron chi connectivity index (χ3n) is 3.62. The molecule has 20 heavy (non-hydrogen) atoms. The van der Waals surface area contributed by atoms with Crippen LogP contribution in [0, 0.1) is 5.92 Å². The van der Waals surface area contributed by atoms with E-state index < -0.39 is 5.97 Å². The Bertz CT molecular complexity index is 333. The number of carbonyl (C=O) groups excluding carboxylic acids is 1. The Morgan fingerprint density at radius 3 is 2.70 bits per heavy atom. The van der Waals surface area contributed by atoms with Gasteiger partial charge in [0.1, 0.15) is 0 Å². The zero-order chi connectivity index (χ0) is 15.1. The number of carbonyl (C=O) groups is 2. The Hall–Kier alpha value is -1.30. The highest BCUT2D eigenvalue weighted by Gasteiger charge is 2.30. The van der Waals surface area contributed by atoms with Gasteiger partial charge in [0.2, 0.25) is 0 Å². The van der Waals surface area contributed by atoms with Crippen LogP contribution in [0.4, 0.5) is 4.79 Å². The maximum atomic E-state index is 12.5. The Balaban J connectivity index is 2.50. The van der Waals surface area contributed by atoms with E-state index in [1.807, 2.05) is 18.7 Å². The van der Waals surface area contributed by atoms with Gasteiger partial charge in [0.15, 0.2) is 0 Å². The van der Waals surface area contributed by atoms with Crippen LogP contribution >= 0.6 is 0 Å². The summed E-state index contributed by atoms with van der Waals surface area (Å²) in [6.07, 6.45) is 1.57. The predicted molar refractivity (Wildman–Crippen MR) is 75.7 cm³/mol. The third kappa shape index (κ3) is 5.00. The van der Waals surface area contributed by atoms with Crippen molar-refractivity contribution in [1.82, 2.24) is 9.80 Å². The summed E-state index contributed by atoms with van der Waals surface area (Å²) >= 11 is 0. The molecule has 6 nitrogen and oxygen atoms in total. The molecule has 116 valence electrons. The molecular weight excluding hydrogens is 260 g/mol. The lowest BCUT2D eigenvalue weighted by Gasteiger charge is -2.31. The molecule has 1 N–H and O–H groups in total. The van der Waals surface area contributed by atoms with Gasteiger partial charge in [-0.2, -0.15) is 0 Å². The van der Waals surface area contributed by atoms with Crippen LogP contribution in [0.5, 0.6) is 0 Å². The second kappa shape index (κ2) is 8.09. The number of hydrogen-bond donors (Lipinski definition) is 1. The van der Waals surface area contributed by atoms with Crippen molar-refractivity contribution in [3.63, 3.8) is 0 Å². The minimum Gasteiger partial charge on any atom is -0.481 e. The molecule has 6 heteroatoms. The molecule has 1 unspecified atom stereocenters. The molecule has 1 aliphatic heterocycles. The maximum Gasteiger partial charge on any atom is 0.320 e. The normalized spacial score (nSPS) is 18.6. The van der Waals surface area contributed by atoms with Crippen LogP contribution in [0.1, 0.15) is 33.1 Å². The average Bonchev–Trinajstić information content (AvgIpc) is 2.82. The van der Waals surface area contributed by atoms with Gasteiger partial charge in [0, 0.05) is 45.1 Å². The van der Waals surface area contributed by atoms with Crippen molar-refractivity contribution in [2.24, 2.45) is 5.92 Å². The Morgan fingerprint density at radius 1 is 1.45 bits per heavy atom. The number of carboxylic acids is 1. The molecule has 1 saturated heterocycles. The summed E-state index contributed by atoms with van der Waals surface area (Å²) in [5.41, 5.74) is 0. The van der Waals surface area contributed by atoms with Crippen LogP contribution in [0.2, 0.25) is 0 Å². The highest BCUT2D eigenvalue weighted by molar-refractivity contribution is 5.75. The fraction of sp³-hybridized carbons (Fsp3) is 0.857. The highest BCUT2D eigenvalue weighted by atomic mass is 16.5. The van der Waals surface area contributed by atoms with E-state index >= 15 is 0 Å². The van der Waals surface area contributed by atoms with Crippen LogP contribution in [0.3, 0.4) is 0 Å². The summed E-state index contributed by atoms with van der Waals surface area (Å²) in [5.74, 6) is -0.403. The monoisotopic (exact) mass is 286 g/mol. The number of ether oxygens (including phenoxy) is 1. The lowest BCUT2D eigenvalue weighted by molar-refractivity contribution is -0.137. The van der Waals surface area contributed by atoms with E-state index in [-0.39, 0.29) is 18.5 Å². The topological polar surface area (TPSA) is 70.1 Å². The van der Waals surface area contributed by atoms with Crippen molar-refractivity contribution in [1.29, 1.82) is 0 Å². The van der Waals surface area contributed by atoms with E-state index in [1.54, 1.807) is 12.0 Å². The van der Waals surface area contributed by atoms with Crippen molar-refractivity contribution >= 4 is 12.0 Å². The van der Waals surface area contributed by atoms with E-state index in [2.05, 4.69) is 0 Å². The fourth-order valence-corrected chi connectivity index (χ4v) is 2.54. The molecule has 0 aliphatic carbocycles. The second-order valence-electron chi connectivity index (χ2n) is 5.62. The van der Waals surface area contributed by atoms with Crippen LogP contribution in [-0.2, 0) is 9.53 Å². The van der Waals surface area contributed by atoms with Gasteiger partial charge in [-0.1, -0.05) is 0 Å². The van der Waals surface area contributed by atoms with Crippen molar-refractivity contribution in [3.8, 4) is 0 Å². The van der Waals surface area contributed by atoms with Crippen LogP contribution < -0.4 is 0 Å². The summed E-state index contributed by atoms with van der Waals surface area (Å²) in [5, 5.41) is 8.68. The molecule has 0 radical (unpaired) electrons. The second-order valence-corrected chi connectivity index (χ2v) is 5.62. The SMILES string of the molecule is COCC1CCN(C(=O)N(CCCC(=O)O)C(C)C)C1. The number of aliphatic carboxylic acids is 1. The minimum atomic E-state index is -0.817. The summed E-state index contributed by atoms with van der Waals surface area (Å²) in [4.78, 5) is 26.7. The Labute approximate surface area is 120 Å². The summed E-state index contributed by atoms with van der Waals surface area (Å²) in [6, 6.07) is 0.0989. The zero-order valence-electron chi connectivity index (χ0n) is 12.7. The Morgan fingerprint density at radius 2 is 2.15 bits per heavy atom. The van der Waals surface area contributed by atoms with Crippen molar-refractivity contribution in [2.45, 2.75) is 39.2 Å². The maximum absolute atomic E-state index is 12.5. The van der Waals surface area contributed by atoms with Gasteiger partial charge in [-0.25, -0.2) is 4.79 Å². The van der Waals surface area contributed by atoms with Gasteiger partial charge in [-0.05, 0) is 26.7 Å². The molecule has 1 aliphatic rings. The largest absolute Gasteiger partial charge is 0.481 e. The lowest BCUT2D eigenvalue weighted by atomic mass is 10.1. The number of carboxylic acid groups (broad SMARTS) is 1. The van der Waals surface area contributed by atoms with Crippen molar-refractivity contribution in [2.75, 3.05) is 33.4 Å². The van der Waals surface area contributed by atoms with Crippen molar-refractivity contribution < 1.29 is 19.4 Å². The fourth-order valence-electron chi connectivity index (χ4n) is 2.54. The van der Waals surface area contributed by atoms with E-state index in [9.17, 15) is 9.59 Å². The van der Waals surface area contributed by atoms with E-state index in [1.165, 1.54) is 0 Å². The molecule has 1 heterocycles. The summed E-state index contributed by atoms with van der Waals surface area (Å²) < 4.78 is 5.14. The average molecular weight is 286 g/mol. The molecule has 1 fully saturated rings. The molecule has 2 amide bonds. The van der Waals surface area contributed by atoms with Gasteiger partial charge in [-0.3, -0.25) is 4.79 Å². The molecule has 0 spiro atoms. The first-order valence-electron chi connectivity index (χ1n) is 7.22. The van der Waals surface area contributed by atoms with E-state index in [4.69, 9.17) is 9.84 Å². The van der Waals surface area contributed by atoms with Crippen LogP contribution in [0.15, 0.2) is 0 Å². The third-order valence-corrected chi connectivity index (χ3v) is 3.62. The summed E-state index contributed by atoms with van der Waals surface area (Å²) in [7, 11) is 1.68. The molecule has 0 saturated carbocycles. The van der Waals surface area contributed by atoms with E-state index in [0.29, 0.717) is 25.5 Å². The van der Waals surface area contributed by atoms with Gasteiger partial charge >= 0.3 is 12.0 Å². The molecule has 1 rings (SSSR count). The van der Waals surface area contributed by atoms with E-state index in [0.717, 1.165) is 19.5 Å². The molecule has 0 aromatic carbocycles. The quantitative estimate of drug-likeness (QED) is 0.772. The first-order valence-corrected chi connectivity index (χ1v) is 7.22. The molecule has 0 aromatic rings. The number of nitrogens with zero attached hydrogens (tertiary/aromatic N) is 2. The summed E-state index contributed by atoms with van der Waals surface area (Å²) in [6.45, 7) is 6.59. The van der Waals surface area contributed by atoms with Crippen LogP contribution in [0.25, 0.3) is 0 Å². The van der Waals surface area contributed by atoms with Crippen molar-refractivity contribution in [3.05, 3.63) is 0 Å².